The molecule has 21 heavy (non-hydrogen) atoms. The number of aromatic nitrogens is 3. The second kappa shape index (κ2) is 5.75. The second-order valence-corrected chi connectivity index (χ2v) is 4.73. The molecule has 5 heteroatoms. The van der Waals surface area contributed by atoms with Gasteiger partial charge in [-0.15, -0.1) is 0 Å². The van der Waals surface area contributed by atoms with Crippen LogP contribution in [-0.4, -0.2) is 14.5 Å². The number of nitrogens with zero attached hydrogens (tertiary/aromatic N) is 3. The summed E-state index contributed by atoms with van der Waals surface area (Å²) in [6.45, 7) is 3.17. The lowest BCUT2D eigenvalue weighted by Crippen LogP contribution is -2.19. The molecule has 1 N–H and O–H groups in total. The summed E-state index contributed by atoms with van der Waals surface area (Å²) >= 11 is 0. The Hall–Kier alpha value is -2.69. The zero-order chi connectivity index (χ0) is 14.7. The maximum absolute atomic E-state index is 11.8. The molecular formula is C16H16N4O. The van der Waals surface area contributed by atoms with Crippen LogP contribution in [0.25, 0.3) is 11.0 Å². The van der Waals surface area contributed by atoms with Crippen LogP contribution in [-0.2, 0) is 13.1 Å². The third-order valence-electron chi connectivity index (χ3n) is 3.33. The number of rotatable bonds is 4. The fraction of sp³-hybridized carbons (Fsp3) is 0.188. The molecule has 106 valence electrons. The van der Waals surface area contributed by atoms with Crippen LogP contribution in [0, 0.1) is 0 Å². The van der Waals surface area contributed by atoms with Gasteiger partial charge in [-0.2, -0.15) is 4.98 Å². The van der Waals surface area contributed by atoms with E-state index in [0.717, 1.165) is 10.9 Å². The molecule has 0 aliphatic heterocycles. The molecule has 2 heterocycles. The maximum atomic E-state index is 11.8. The van der Waals surface area contributed by atoms with Gasteiger partial charge in [-0.25, -0.2) is 4.98 Å². The van der Waals surface area contributed by atoms with Gasteiger partial charge in [0.05, 0.1) is 0 Å². The van der Waals surface area contributed by atoms with Crippen LogP contribution < -0.4 is 10.9 Å². The smallest absolute Gasteiger partial charge is 0.252 e. The first-order chi connectivity index (χ1) is 10.3. The van der Waals surface area contributed by atoms with Gasteiger partial charge in [-0.3, -0.25) is 9.36 Å². The van der Waals surface area contributed by atoms with Gasteiger partial charge in [-0.1, -0.05) is 30.3 Å². The van der Waals surface area contributed by atoms with E-state index in [2.05, 4.69) is 15.3 Å². The lowest BCUT2D eigenvalue weighted by Gasteiger charge is -2.09. The first kappa shape index (κ1) is 13.3. The van der Waals surface area contributed by atoms with Crippen molar-refractivity contribution in [1.29, 1.82) is 0 Å². The minimum Gasteiger partial charge on any atom is -0.350 e. The Balaban J connectivity index is 1.91. The largest absolute Gasteiger partial charge is 0.350 e. The van der Waals surface area contributed by atoms with Crippen LogP contribution in [0.4, 0.5) is 5.95 Å². The highest BCUT2D eigenvalue weighted by Crippen LogP contribution is 2.11. The molecule has 0 bridgehead atoms. The van der Waals surface area contributed by atoms with Gasteiger partial charge in [0.1, 0.15) is 5.65 Å². The van der Waals surface area contributed by atoms with Crippen molar-refractivity contribution in [3.05, 3.63) is 64.6 Å². The van der Waals surface area contributed by atoms with Crippen molar-refractivity contribution >= 4 is 17.0 Å². The first-order valence-electron chi connectivity index (χ1n) is 6.92. The van der Waals surface area contributed by atoms with E-state index in [1.807, 2.05) is 37.3 Å². The molecule has 0 amide bonds. The maximum Gasteiger partial charge on any atom is 0.252 e. The predicted molar refractivity (Wildman–Crippen MR) is 83.2 cm³/mol. The molecule has 0 saturated heterocycles. The van der Waals surface area contributed by atoms with Gasteiger partial charge in [0, 0.05) is 30.7 Å². The summed E-state index contributed by atoms with van der Waals surface area (Å²) in [5, 5.41) is 4.05. The lowest BCUT2D eigenvalue weighted by molar-refractivity contribution is 0.748. The van der Waals surface area contributed by atoms with Crippen LogP contribution in [0.2, 0.25) is 0 Å². The summed E-state index contributed by atoms with van der Waals surface area (Å²) in [6, 6.07) is 13.3. The molecule has 0 spiro atoms. The van der Waals surface area contributed by atoms with Gasteiger partial charge in [0.15, 0.2) is 0 Å². The summed E-state index contributed by atoms with van der Waals surface area (Å²) in [6.07, 6.45) is 1.74. The van der Waals surface area contributed by atoms with Crippen LogP contribution >= 0.6 is 0 Å². The summed E-state index contributed by atoms with van der Waals surface area (Å²) in [5.74, 6) is 0.527. The van der Waals surface area contributed by atoms with E-state index in [-0.39, 0.29) is 5.56 Å². The van der Waals surface area contributed by atoms with Gasteiger partial charge >= 0.3 is 0 Å². The lowest BCUT2D eigenvalue weighted by atomic mass is 10.2. The minimum atomic E-state index is -0.0438. The van der Waals surface area contributed by atoms with E-state index in [0.29, 0.717) is 24.7 Å². The molecule has 0 atom stereocenters. The van der Waals surface area contributed by atoms with Gasteiger partial charge in [0.25, 0.3) is 5.56 Å². The second-order valence-electron chi connectivity index (χ2n) is 4.73. The predicted octanol–water partition coefficient (Wildman–Crippen LogP) is 2.42. The molecule has 0 aliphatic rings. The van der Waals surface area contributed by atoms with Gasteiger partial charge in [-0.05, 0) is 18.6 Å². The van der Waals surface area contributed by atoms with Crippen molar-refractivity contribution in [2.24, 2.45) is 0 Å². The van der Waals surface area contributed by atoms with Crippen LogP contribution in [0.3, 0.4) is 0 Å². The third kappa shape index (κ3) is 2.76. The molecule has 1 aromatic carbocycles. The minimum absolute atomic E-state index is 0.0438. The van der Waals surface area contributed by atoms with Crippen LogP contribution in [0.5, 0.6) is 0 Å². The number of pyridine rings is 1. The SMILES string of the molecule is CCn1c(=O)ccc2cnc(NCc3ccccc3)nc21. The molecule has 0 aliphatic carbocycles. The summed E-state index contributed by atoms with van der Waals surface area (Å²) in [4.78, 5) is 20.6. The van der Waals surface area contributed by atoms with Crippen LogP contribution in [0.1, 0.15) is 12.5 Å². The normalized spacial score (nSPS) is 10.7. The van der Waals surface area contributed by atoms with E-state index < -0.39 is 0 Å². The standard InChI is InChI=1S/C16H16N4O/c1-2-20-14(21)9-8-13-11-18-16(19-15(13)20)17-10-12-6-4-3-5-7-12/h3-9,11H,2,10H2,1H3,(H,17,18,19). The van der Waals surface area contributed by atoms with E-state index >= 15 is 0 Å². The molecule has 0 radical (unpaired) electrons. The summed E-state index contributed by atoms with van der Waals surface area (Å²) in [5.41, 5.74) is 1.77. The first-order valence-corrected chi connectivity index (χ1v) is 6.92. The van der Waals surface area contributed by atoms with Crippen molar-refractivity contribution in [3.8, 4) is 0 Å². The summed E-state index contributed by atoms with van der Waals surface area (Å²) < 4.78 is 1.64. The Kier molecular flexibility index (Phi) is 3.64. The highest BCUT2D eigenvalue weighted by atomic mass is 16.1. The number of aryl methyl sites for hydroxylation is 1. The fourth-order valence-corrected chi connectivity index (χ4v) is 2.24. The topological polar surface area (TPSA) is 59.8 Å². The molecule has 0 fully saturated rings. The molecular weight excluding hydrogens is 264 g/mol. The van der Waals surface area contributed by atoms with E-state index in [9.17, 15) is 4.79 Å². The highest BCUT2D eigenvalue weighted by Gasteiger charge is 2.05. The number of nitrogens with one attached hydrogen (secondary N) is 1. The van der Waals surface area contributed by atoms with E-state index in [4.69, 9.17) is 0 Å². The number of hydrogen-bond donors (Lipinski definition) is 1. The number of anilines is 1. The van der Waals surface area contributed by atoms with Crippen molar-refractivity contribution in [2.75, 3.05) is 5.32 Å². The molecule has 0 unspecified atom stereocenters. The fourth-order valence-electron chi connectivity index (χ4n) is 2.24. The number of hydrogen-bond acceptors (Lipinski definition) is 4. The number of fused-ring (bicyclic) bond motifs is 1. The molecule has 5 nitrogen and oxygen atoms in total. The Labute approximate surface area is 122 Å². The van der Waals surface area contributed by atoms with Crippen LogP contribution in [0.15, 0.2) is 53.5 Å². The van der Waals surface area contributed by atoms with E-state index in [1.54, 1.807) is 22.9 Å². The van der Waals surface area contributed by atoms with Gasteiger partial charge < -0.3 is 5.32 Å². The monoisotopic (exact) mass is 280 g/mol. The summed E-state index contributed by atoms with van der Waals surface area (Å²) in [7, 11) is 0. The van der Waals surface area contributed by atoms with E-state index in [1.165, 1.54) is 0 Å². The average Bonchev–Trinajstić information content (AvgIpc) is 2.53. The molecule has 2 aromatic heterocycles. The Morgan fingerprint density at radius 1 is 1.14 bits per heavy atom. The zero-order valence-corrected chi connectivity index (χ0v) is 11.8. The van der Waals surface area contributed by atoms with Crippen molar-refractivity contribution < 1.29 is 0 Å². The van der Waals surface area contributed by atoms with Crippen molar-refractivity contribution in [3.63, 3.8) is 0 Å². The highest BCUT2D eigenvalue weighted by molar-refractivity contribution is 5.74. The molecule has 3 rings (SSSR count). The quantitative estimate of drug-likeness (QED) is 0.797. The molecule has 0 saturated carbocycles. The Bertz CT molecular complexity index is 811. The Morgan fingerprint density at radius 3 is 2.71 bits per heavy atom. The van der Waals surface area contributed by atoms with Crippen molar-refractivity contribution in [1.82, 2.24) is 14.5 Å². The number of benzene rings is 1. The zero-order valence-electron chi connectivity index (χ0n) is 11.8. The van der Waals surface area contributed by atoms with Crippen molar-refractivity contribution in [2.45, 2.75) is 20.0 Å². The van der Waals surface area contributed by atoms with Gasteiger partial charge in [0.2, 0.25) is 5.95 Å². The average molecular weight is 280 g/mol. The third-order valence-corrected chi connectivity index (χ3v) is 3.33. The Morgan fingerprint density at radius 2 is 1.95 bits per heavy atom. The molecule has 3 aromatic rings.